The summed E-state index contributed by atoms with van der Waals surface area (Å²) < 4.78 is 12.0. The molecule has 1 aromatic carbocycles. The van der Waals surface area contributed by atoms with Crippen LogP contribution in [-0.4, -0.2) is 62.4 Å². The third kappa shape index (κ3) is 7.34. The first-order valence-electron chi connectivity index (χ1n) is 9.22. The Morgan fingerprint density at radius 2 is 1.97 bits per heavy atom. The van der Waals surface area contributed by atoms with E-state index >= 15 is 0 Å². The van der Waals surface area contributed by atoms with Crippen LogP contribution >= 0.6 is 23.2 Å². The van der Waals surface area contributed by atoms with Crippen LogP contribution in [0.4, 0.5) is 9.59 Å². The van der Waals surface area contributed by atoms with Crippen molar-refractivity contribution >= 4 is 63.3 Å². The molecule has 1 radical (unpaired) electrons. The lowest BCUT2D eigenvalue weighted by atomic mass is 10.2. The molecule has 1 heterocycles. The fraction of sp³-hybridized carbons (Fsp3) is 0.471. The molecule has 0 spiro atoms. The molecule has 1 aliphatic heterocycles. The molecule has 0 saturated carbocycles. The molecule has 2 rings (SSSR count). The third-order valence-corrected chi connectivity index (χ3v) is 10.8. The summed E-state index contributed by atoms with van der Waals surface area (Å²) >= 11 is 9.45. The SMILES string of the molecule is CC(C)(C)OC(=O)[N]1C[Si](NC(=O)COc2ccc(Cl)c(Cl)c2)C[CH2][Al]1[C](=O)NN. The topological polar surface area (TPSA) is 123 Å². The van der Waals surface area contributed by atoms with E-state index in [1.165, 1.54) is 9.95 Å². The van der Waals surface area contributed by atoms with E-state index in [9.17, 15) is 14.4 Å². The van der Waals surface area contributed by atoms with Gasteiger partial charge in [0.1, 0.15) is 11.4 Å². The molecule has 1 aliphatic rings. The van der Waals surface area contributed by atoms with Gasteiger partial charge in [0.25, 0.3) is 0 Å². The van der Waals surface area contributed by atoms with E-state index in [4.69, 9.17) is 38.5 Å². The van der Waals surface area contributed by atoms with E-state index in [2.05, 4.69) is 10.4 Å². The second-order valence-electron chi connectivity index (χ2n) is 7.69. The lowest BCUT2D eigenvalue weighted by molar-refractivity contribution is -0.121. The van der Waals surface area contributed by atoms with E-state index in [1.54, 1.807) is 32.9 Å². The van der Waals surface area contributed by atoms with Crippen molar-refractivity contribution in [3.63, 3.8) is 0 Å². The number of hydrogen-bond donors (Lipinski definition) is 3. The number of nitrogens with zero attached hydrogens (tertiary/aromatic N) is 1. The van der Waals surface area contributed by atoms with E-state index in [1.807, 2.05) is 0 Å². The van der Waals surface area contributed by atoms with Gasteiger partial charge in [-0.3, -0.25) is 9.59 Å². The first-order chi connectivity index (χ1) is 14.0. The zero-order valence-corrected chi connectivity index (χ0v) is 20.6. The molecule has 0 aliphatic carbocycles. The number of ether oxygens (including phenoxy) is 2. The van der Waals surface area contributed by atoms with Crippen molar-refractivity contribution in [3.05, 3.63) is 28.2 Å². The van der Waals surface area contributed by atoms with Crippen molar-refractivity contribution in [2.75, 3.05) is 12.8 Å². The molecule has 9 nitrogen and oxygen atoms in total. The van der Waals surface area contributed by atoms with Crippen molar-refractivity contribution in [2.24, 2.45) is 5.84 Å². The number of nitrogens with two attached hydrogens (primary N) is 1. The van der Waals surface area contributed by atoms with Gasteiger partial charge in [0.05, 0.1) is 10.0 Å². The Hall–Kier alpha value is -1.48. The monoisotopic (exact) mass is 489 g/mol. The summed E-state index contributed by atoms with van der Waals surface area (Å²) in [5.74, 6) is 5.39. The van der Waals surface area contributed by atoms with Gasteiger partial charge in [0.2, 0.25) is 5.91 Å². The van der Waals surface area contributed by atoms with Gasteiger partial charge in [-0.05, 0) is 38.9 Å². The predicted octanol–water partition coefficient (Wildman–Crippen LogP) is 2.43. The van der Waals surface area contributed by atoms with Gasteiger partial charge in [-0.25, -0.2) is 10.6 Å². The summed E-state index contributed by atoms with van der Waals surface area (Å²) in [5.41, 5.74) is 1.44. The molecule has 1 fully saturated rings. The molecule has 0 aromatic heterocycles. The van der Waals surface area contributed by atoms with Gasteiger partial charge >= 0.3 is 20.5 Å². The predicted molar refractivity (Wildman–Crippen MR) is 117 cm³/mol. The van der Waals surface area contributed by atoms with E-state index < -0.39 is 35.0 Å². The molecule has 0 unspecified atom stereocenters. The normalized spacial score (nSPS) is 14.9. The minimum atomic E-state index is -2.34. The molecule has 13 heteroatoms. The number of rotatable bonds is 5. The summed E-state index contributed by atoms with van der Waals surface area (Å²) in [6.07, 6.45) is -0.297. The minimum Gasteiger partial charge on any atom is -0.484 e. The Morgan fingerprint density at radius 3 is 2.57 bits per heavy atom. The molecule has 3 amide bonds. The minimum absolute atomic E-state index is 0.206. The molecule has 4 N–H and O–H groups in total. The van der Waals surface area contributed by atoms with Crippen molar-refractivity contribution in [3.8, 4) is 5.75 Å². The maximum Gasteiger partial charge on any atom is 0.550 e. The summed E-state index contributed by atoms with van der Waals surface area (Å²) in [4.78, 5) is 40.0. The van der Waals surface area contributed by atoms with Crippen LogP contribution in [0.5, 0.6) is 5.75 Å². The van der Waals surface area contributed by atoms with E-state index in [0.717, 1.165) is 0 Å². The highest BCUT2D eigenvalue weighted by Crippen LogP contribution is 2.26. The summed E-state index contributed by atoms with van der Waals surface area (Å²) in [7, 11) is -1.47. The van der Waals surface area contributed by atoms with Crippen LogP contribution in [0.15, 0.2) is 18.2 Å². The number of nitrogens with one attached hydrogen (secondary N) is 2. The fourth-order valence-corrected chi connectivity index (χ4v) is 9.84. The maximum absolute atomic E-state index is 12.6. The van der Waals surface area contributed by atoms with Crippen LogP contribution in [0.25, 0.3) is 0 Å². The van der Waals surface area contributed by atoms with Gasteiger partial charge in [-0.1, -0.05) is 28.5 Å². The molecule has 1 aromatic rings. The first-order valence-corrected chi connectivity index (χ1v) is 13.8. The van der Waals surface area contributed by atoms with Crippen molar-refractivity contribution < 1.29 is 23.9 Å². The first kappa shape index (κ1) is 24.8. The molecule has 0 atom stereocenters. The van der Waals surface area contributed by atoms with Crippen LogP contribution in [-0.2, 0) is 9.53 Å². The molecule has 1 saturated heterocycles. The van der Waals surface area contributed by atoms with Gasteiger partial charge in [0.15, 0.2) is 20.3 Å². The molecular weight excluding hydrogens is 466 g/mol. The largest absolute Gasteiger partial charge is 0.550 e. The number of carbonyl (C=O) groups is 3. The summed E-state index contributed by atoms with van der Waals surface area (Å²) in [6, 6.07) is 5.36. The van der Waals surface area contributed by atoms with Crippen LogP contribution in [0.1, 0.15) is 20.8 Å². The molecular formula is C17H24AlCl2N4O5Si. The van der Waals surface area contributed by atoms with Gasteiger partial charge in [-0.2, -0.15) is 0 Å². The fourth-order valence-electron chi connectivity index (χ4n) is 2.79. The van der Waals surface area contributed by atoms with E-state index in [0.29, 0.717) is 27.1 Å². The van der Waals surface area contributed by atoms with Gasteiger partial charge in [0, 0.05) is 12.2 Å². The smallest absolute Gasteiger partial charge is 0.484 e. The Morgan fingerprint density at radius 1 is 1.27 bits per heavy atom. The average molecular weight is 490 g/mol. The van der Waals surface area contributed by atoms with E-state index in [-0.39, 0.29) is 23.5 Å². The molecule has 163 valence electrons. The highest BCUT2D eigenvalue weighted by Gasteiger charge is 2.46. The van der Waals surface area contributed by atoms with Crippen LogP contribution in [0.2, 0.25) is 21.4 Å². The second-order valence-corrected chi connectivity index (χ2v) is 13.5. The summed E-state index contributed by atoms with van der Waals surface area (Å²) in [6.45, 7) is 5.05. The highest BCUT2D eigenvalue weighted by molar-refractivity contribution is 6.91. The van der Waals surface area contributed by atoms with Crippen molar-refractivity contribution in [2.45, 2.75) is 37.7 Å². The Labute approximate surface area is 191 Å². The van der Waals surface area contributed by atoms with Crippen LogP contribution in [0, 0.1) is 0 Å². The molecule has 0 bridgehead atoms. The Kier molecular flexibility index (Phi) is 8.84. The van der Waals surface area contributed by atoms with Gasteiger partial charge in [-0.15, -0.1) is 0 Å². The average Bonchev–Trinajstić information content (AvgIpc) is 2.67. The van der Waals surface area contributed by atoms with Crippen molar-refractivity contribution in [1.29, 1.82) is 0 Å². The van der Waals surface area contributed by atoms with Gasteiger partial charge < -0.3 is 23.8 Å². The second kappa shape index (κ2) is 10.7. The Bertz CT molecular complexity index is 811. The number of amides is 3. The third-order valence-electron chi connectivity index (χ3n) is 4.11. The summed E-state index contributed by atoms with van der Waals surface area (Å²) in [5, 5.41) is 1.23. The van der Waals surface area contributed by atoms with Crippen LogP contribution < -0.4 is 21.0 Å². The lowest BCUT2D eigenvalue weighted by Gasteiger charge is -2.36. The molecule has 30 heavy (non-hydrogen) atoms. The highest BCUT2D eigenvalue weighted by atomic mass is 35.5. The number of benzene rings is 1. The maximum atomic E-state index is 12.6. The zero-order valence-electron chi connectivity index (χ0n) is 17.0. The number of halogens is 2. The number of hydrogen-bond acceptors (Lipinski definition) is 6. The quantitative estimate of drug-likeness (QED) is 0.252. The lowest BCUT2D eigenvalue weighted by Crippen LogP contribution is -2.63. The van der Waals surface area contributed by atoms with Crippen molar-refractivity contribution in [1.82, 2.24) is 14.3 Å². The Balaban J connectivity index is 1.96. The number of hydrazine groups is 1. The van der Waals surface area contributed by atoms with Crippen LogP contribution in [0.3, 0.4) is 0 Å². The zero-order chi connectivity index (χ0) is 22.5. The number of carbonyl (C=O) groups excluding carboxylic acids is 3. The standard InChI is InChI=1S/C16H22Cl2N2O4Si.CH3N2O.Al/c1-5-25(10-19-15(22)24-16(2,3)4)20-14(21)9-23-11-6-7-12(17)13(18)8-11;2-3-1-4;/h6-8H,1,5,9-10H2,2-4H3,(H2,19,20,21,22);2H2,(H,3,4);/q;;+1/p-1.